The van der Waals surface area contributed by atoms with Gasteiger partial charge in [0.15, 0.2) is 5.79 Å². The van der Waals surface area contributed by atoms with Crippen molar-refractivity contribution in [2.24, 2.45) is 18.9 Å². The highest BCUT2D eigenvalue weighted by Crippen LogP contribution is 2.35. The summed E-state index contributed by atoms with van der Waals surface area (Å²) >= 11 is 0. The van der Waals surface area contributed by atoms with Crippen LogP contribution in [0.25, 0.3) is 16.5 Å². The predicted molar refractivity (Wildman–Crippen MR) is 148 cm³/mol. The molecule has 1 aliphatic rings. The van der Waals surface area contributed by atoms with Gasteiger partial charge in [0.1, 0.15) is 12.0 Å². The summed E-state index contributed by atoms with van der Waals surface area (Å²) in [7, 11) is 1.62. The molecule has 0 aliphatic heterocycles. The van der Waals surface area contributed by atoms with Crippen LogP contribution in [-0.4, -0.2) is 37.6 Å². The molecule has 8 heteroatoms. The fourth-order valence-electron chi connectivity index (χ4n) is 4.03. The molecule has 0 radical (unpaired) electrons. The van der Waals surface area contributed by atoms with E-state index in [4.69, 9.17) is 0 Å². The minimum Gasteiger partial charge on any atom is -0.362 e. The van der Waals surface area contributed by atoms with Crippen LogP contribution in [0.2, 0.25) is 0 Å². The van der Waals surface area contributed by atoms with Gasteiger partial charge in [-0.25, -0.2) is 9.37 Å². The van der Waals surface area contributed by atoms with Crippen LogP contribution in [0, 0.1) is 11.8 Å². The molecule has 0 aromatic carbocycles. The number of pyridine rings is 2. The van der Waals surface area contributed by atoms with Gasteiger partial charge in [0, 0.05) is 42.3 Å². The largest absolute Gasteiger partial charge is 0.362 e. The summed E-state index contributed by atoms with van der Waals surface area (Å²) < 4.78 is 14.6. The average molecular weight is 514 g/mol. The number of fused-ring (bicyclic) bond motifs is 1. The van der Waals surface area contributed by atoms with E-state index < -0.39 is 23.8 Å². The molecule has 1 fully saturated rings. The second kappa shape index (κ2) is 12.4. The van der Waals surface area contributed by atoms with E-state index in [1.165, 1.54) is 11.0 Å². The molecule has 7 nitrogen and oxygen atoms in total. The number of aromatic nitrogens is 2. The number of alkyl halides is 1. The number of nitrogens with one attached hydrogen (secondary N) is 1. The number of hydrogen-bond acceptors (Lipinski definition) is 5. The van der Waals surface area contributed by atoms with Crippen molar-refractivity contribution >= 4 is 28.2 Å². The molecular weight excluding hydrogens is 473 g/mol. The van der Waals surface area contributed by atoms with Gasteiger partial charge < -0.3 is 20.1 Å². The maximum atomic E-state index is 13.2. The third-order valence-electron chi connectivity index (χ3n) is 6.01. The molecule has 202 valence electrons. The lowest BCUT2D eigenvalue weighted by atomic mass is 9.92. The first-order valence-electron chi connectivity index (χ1n) is 12.7. The second-order valence-corrected chi connectivity index (χ2v) is 10.1. The Hall–Kier alpha value is -3.10. The van der Waals surface area contributed by atoms with E-state index in [2.05, 4.69) is 30.7 Å². The number of allylic oxidation sites excluding steroid dienone is 3. The number of rotatable bonds is 8. The number of nitrogens with zero attached hydrogens (tertiary/aromatic N) is 2. The first-order chi connectivity index (χ1) is 17.3. The molecule has 1 saturated carbocycles. The Morgan fingerprint density at radius 3 is 2.46 bits per heavy atom. The van der Waals surface area contributed by atoms with Gasteiger partial charge in [-0.1, -0.05) is 52.8 Å². The molecule has 3 N–H and O–H groups in total. The van der Waals surface area contributed by atoms with Crippen molar-refractivity contribution in [2.75, 3.05) is 5.32 Å². The van der Waals surface area contributed by atoms with Crippen LogP contribution < -0.4 is 10.9 Å². The summed E-state index contributed by atoms with van der Waals surface area (Å²) in [5, 5.41) is 24.0. The van der Waals surface area contributed by atoms with E-state index in [-0.39, 0.29) is 35.7 Å². The molecule has 2 aromatic rings. The van der Waals surface area contributed by atoms with E-state index in [9.17, 15) is 24.2 Å². The Kier molecular flexibility index (Phi) is 10.1. The van der Waals surface area contributed by atoms with Crippen molar-refractivity contribution in [3.8, 4) is 0 Å². The van der Waals surface area contributed by atoms with E-state index in [1.54, 1.807) is 51.4 Å². The zero-order valence-electron chi connectivity index (χ0n) is 22.9. The van der Waals surface area contributed by atoms with Gasteiger partial charge in [-0.05, 0) is 43.4 Å². The van der Waals surface area contributed by atoms with Crippen molar-refractivity contribution in [1.82, 2.24) is 9.55 Å². The molecule has 1 amide bonds. The normalized spacial score (nSPS) is 17.9. The molecular formula is C29H40FN3O4. The van der Waals surface area contributed by atoms with Gasteiger partial charge in [-0.2, -0.15) is 0 Å². The third-order valence-corrected chi connectivity index (χ3v) is 6.01. The van der Waals surface area contributed by atoms with Crippen LogP contribution in [0.3, 0.4) is 0 Å². The lowest BCUT2D eigenvalue weighted by molar-refractivity contribution is -0.136. The van der Waals surface area contributed by atoms with Crippen LogP contribution in [0.15, 0.2) is 53.0 Å². The van der Waals surface area contributed by atoms with Crippen LogP contribution >= 0.6 is 0 Å². The molecule has 0 spiro atoms. The minimum atomic E-state index is -2.05. The SMILES string of the molecule is C=C(/C=C(C)\C(=C/C)c1cc2cnc(NC(=O)C3CC3F)cc2n(C)c1=O)C(O)(O)CC(C)C.CCC. The standard InChI is InChI=1S/C26H32FN3O4.C3H8/c1-7-18(15(4)8-16(5)26(33,34)12-14(2)3)19-9-17-13-28-23(11-22(17)30(6)25(19)32)29-24(31)20-10-21(20)27;1-3-2/h7-9,11,13-14,20-21,33-34H,5,10,12H2,1-4,6H3,(H,28,29,31);3H2,1-2H3/b15-8-,18-7+;. The maximum absolute atomic E-state index is 13.2. The van der Waals surface area contributed by atoms with Gasteiger partial charge in [-0.15, -0.1) is 0 Å². The summed E-state index contributed by atoms with van der Waals surface area (Å²) in [6.07, 6.45) is 5.41. The highest BCUT2D eigenvalue weighted by atomic mass is 19.1. The Balaban J connectivity index is 0.00000153. The Morgan fingerprint density at radius 1 is 1.35 bits per heavy atom. The average Bonchev–Trinajstić information content (AvgIpc) is 3.54. The molecule has 3 rings (SSSR count). The molecule has 2 atom stereocenters. The van der Waals surface area contributed by atoms with Crippen LogP contribution in [0.5, 0.6) is 0 Å². The van der Waals surface area contributed by atoms with E-state index in [0.717, 1.165) is 0 Å². The van der Waals surface area contributed by atoms with E-state index in [0.29, 0.717) is 27.6 Å². The third kappa shape index (κ3) is 7.46. The van der Waals surface area contributed by atoms with Gasteiger partial charge >= 0.3 is 0 Å². The molecule has 2 aromatic heterocycles. The molecule has 37 heavy (non-hydrogen) atoms. The van der Waals surface area contributed by atoms with Gasteiger partial charge in [0.2, 0.25) is 5.91 Å². The zero-order chi connectivity index (χ0) is 28.1. The van der Waals surface area contributed by atoms with Crippen LogP contribution in [0.4, 0.5) is 10.2 Å². The van der Waals surface area contributed by atoms with Crippen molar-refractivity contribution in [3.05, 3.63) is 64.1 Å². The number of aliphatic hydroxyl groups is 2. The lowest BCUT2D eigenvalue weighted by Crippen LogP contribution is -2.31. The number of amides is 1. The fraction of sp³-hybridized carbons (Fsp3) is 0.483. The number of aryl methyl sites for hydroxylation is 1. The number of carbonyl (C=O) groups excluding carboxylic acids is 1. The maximum Gasteiger partial charge on any atom is 0.258 e. The number of carbonyl (C=O) groups is 1. The minimum absolute atomic E-state index is 0.0549. The second-order valence-electron chi connectivity index (χ2n) is 10.1. The van der Waals surface area contributed by atoms with Crippen LogP contribution in [0.1, 0.15) is 66.4 Å². The predicted octanol–water partition coefficient (Wildman–Crippen LogP) is 5.28. The summed E-state index contributed by atoms with van der Waals surface area (Å²) in [5.41, 5.74) is 2.14. The first-order valence-corrected chi connectivity index (χ1v) is 12.7. The van der Waals surface area contributed by atoms with Gasteiger partial charge in [0.05, 0.1) is 11.4 Å². The lowest BCUT2D eigenvalue weighted by Gasteiger charge is -2.25. The molecule has 0 bridgehead atoms. The molecule has 1 aliphatic carbocycles. The molecule has 2 heterocycles. The van der Waals surface area contributed by atoms with E-state index >= 15 is 0 Å². The highest BCUT2D eigenvalue weighted by molar-refractivity contribution is 5.96. The van der Waals surface area contributed by atoms with Gasteiger partial charge in [-0.3, -0.25) is 9.59 Å². The smallest absolute Gasteiger partial charge is 0.258 e. The van der Waals surface area contributed by atoms with Gasteiger partial charge in [0.25, 0.3) is 5.56 Å². The van der Waals surface area contributed by atoms with Crippen molar-refractivity contribution < 1.29 is 19.4 Å². The number of anilines is 1. The summed E-state index contributed by atoms with van der Waals surface area (Å²) in [5.74, 6) is -2.79. The molecule has 2 unspecified atom stereocenters. The summed E-state index contributed by atoms with van der Waals surface area (Å²) in [6.45, 7) is 15.4. The van der Waals surface area contributed by atoms with E-state index in [1.807, 2.05) is 13.8 Å². The molecule has 0 saturated heterocycles. The zero-order valence-corrected chi connectivity index (χ0v) is 22.9. The van der Waals surface area contributed by atoms with Crippen LogP contribution in [-0.2, 0) is 11.8 Å². The van der Waals surface area contributed by atoms with Crippen molar-refractivity contribution in [2.45, 2.75) is 72.8 Å². The number of halogens is 1. The number of hydrogen-bond donors (Lipinski definition) is 3. The van der Waals surface area contributed by atoms with Crippen molar-refractivity contribution in [3.63, 3.8) is 0 Å². The van der Waals surface area contributed by atoms with Crippen molar-refractivity contribution in [1.29, 1.82) is 0 Å². The Bertz CT molecular complexity index is 1270. The summed E-state index contributed by atoms with van der Waals surface area (Å²) in [4.78, 5) is 29.5. The Labute approximate surface area is 218 Å². The summed E-state index contributed by atoms with van der Waals surface area (Å²) in [6, 6.07) is 3.30. The monoisotopic (exact) mass is 513 g/mol. The fourth-order valence-corrected chi connectivity index (χ4v) is 4.03. The first kappa shape index (κ1) is 30.1. The topological polar surface area (TPSA) is 104 Å². The Morgan fingerprint density at radius 2 is 1.95 bits per heavy atom. The quantitative estimate of drug-likeness (QED) is 0.329. The highest BCUT2D eigenvalue weighted by Gasteiger charge is 2.43.